The molecule has 2 aliphatic rings. The van der Waals surface area contributed by atoms with Gasteiger partial charge in [0.05, 0.1) is 11.4 Å². The smallest absolute Gasteiger partial charge is 0.303 e. The minimum atomic E-state index is -0.773. The molecule has 0 saturated carbocycles. The Morgan fingerprint density at radius 3 is 2.62 bits per heavy atom. The lowest BCUT2D eigenvalue weighted by molar-refractivity contribution is -0.138. The topological polar surface area (TPSA) is 76.1 Å². The van der Waals surface area contributed by atoms with Crippen LogP contribution >= 0.6 is 11.6 Å². The van der Waals surface area contributed by atoms with E-state index in [1.54, 1.807) is 17.0 Å². The number of hydrogen-bond donors (Lipinski definition) is 1. The van der Waals surface area contributed by atoms with Crippen LogP contribution in [0.4, 0.5) is 0 Å². The van der Waals surface area contributed by atoms with Gasteiger partial charge in [-0.2, -0.15) is 0 Å². The molecule has 0 bridgehead atoms. The Labute approximate surface area is 145 Å². The summed E-state index contributed by atoms with van der Waals surface area (Å²) in [7, 11) is 0. The summed E-state index contributed by atoms with van der Waals surface area (Å²) >= 11 is 6.20. The van der Waals surface area contributed by atoms with E-state index in [2.05, 4.69) is 0 Å². The first-order valence-electron chi connectivity index (χ1n) is 8.10. The van der Waals surface area contributed by atoms with E-state index >= 15 is 0 Å². The fourth-order valence-electron chi connectivity index (χ4n) is 3.19. The summed E-state index contributed by atoms with van der Waals surface area (Å²) in [6, 6.07) is 3.54. The number of nitrogens with zero attached hydrogens (tertiary/aromatic N) is 1. The highest BCUT2D eigenvalue weighted by Crippen LogP contribution is 2.38. The molecule has 1 aromatic carbocycles. The van der Waals surface area contributed by atoms with Gasteiger partial charge in [0.15, 0.2) is 11.5 Å². The van der Waals surface area contributed by atoms with Crippen molar-refractivity contribution in [2.45, 2.75) is 25.7 Å². The third-order valence-corrected chi connectivity index (χ3v) is 4.72. The van der Waals surface area contributed by atoms with Crippen molar-refractivity contribution in [1.29, 1.82) is 0 Å². The predicted molar refractivity (Wildman–Crippen MR) is 87.7 cm³/mol. The summed E-state index contributed by atoms with van der Waals surface area (Å²) in [6.07, 6.45) is 1.90. The van der Waals surface area contributed by atoms with Gasteiger partial charge in [-0.15, -0.1) is 0 Å². The number of piperidine rings is 1. The van der Waals surface area contributed by atoms with Crippen molar-refractivity contribution < 1.29 is 24.2 Å². The number of likely N-dealkylation sites (tertiary alicyclic amines) is 1. The molecule has 1 saturated heterocycles. The van der Waals surface area contributed by atoms with Crippen molar-refractivity contribution in [3.05, 3.63) is 22.7 Å². The van der Waals surface area contributed by atoms with E-state index in [1.165, 1.54) is 0 Å². The molecule has 6 nitrogen and oxygen atoms in total. The third-order valence-electron chi connectivity index (χ3n) is 4.44. The molecule has 0 unspecified atom stereocenters. The minimum absolute atomic E-state index is 0.0246. The maximum absolute atomic E-state index is 12.5. The molecule has 2 heterocycles. The molecule has 1 fully saturated rings. The van der Waals surface area contributed by atoms with E-state index in [0.29, 0.717) is 42.8 Å². The second-order valence-electron chi connectivity index (χ2n) is 6.20. The van der Waals surface area contributed by atoms with Crippen molar-refractivity contribution in [2.24, 2.45) is 5.92 Å². The molecular formula is C17H20ClNO5. The van der Waals surface area contributed by atoms with Crippen LogP contribution in [0.3, 0.4) is 0 Å². The molecule has 1 amide bonds. The van der Waals surface area contributed by atoms with Crippen LogP contribution in [0.1, 0.15) is 24.8 Å². The molecule has 0 atom stereocenters. The first kappa shape index (κ1) is 16.9. The van der Waals surface area contributed by atoms with Gasteiger partial charge in [0.1, 0.15) is 13.2 Å². The van der Waals surface area contributed by atoms with Crippen molar-refractivity contribution >= 4 is 23.5 Å². The fourth-order valence-corrected chi connectivity index (χ4v) is 3.47. The third kappa shape index (κ3) is 3.93. The molecule has 0 aliphatic carbocycles. The fraction of sp³-hybridized carbons (Fsp3) is 0.529. The van der Waals surface area contributed by atoms with E-state index < -0.39 is 5.97 Å². The Kier molecular flexibility index (Phi) is 5.14. The highest BCUT2D eigenvalue weighted by molar-refractivity contribution is 6.32. The lowest BCUT2D eigenvalue weighted by Crippen LogP contribution is -2.39. The number of hydrogen-bond acceptors (Lipinski definition) is 4. The maximum Gasteiger partial charge on any atom is 0.303 e. The Hall–Kier alpha value is -1.95. The largest absolute Gasteiger partial charge is 0.486 e. The molecule has 1 N–H and O–H groups in total. The average Bonchev–Trinajstić information content (AvgIpc) is 2.55. The summed E-state index contributed by atoms with van der Waals surface area (Å²) in [5.74, 6) is 0.530. The lowest BCUT2D eigenvalue weighted by Gasteiger charge is -2.31. The van der Waals surface area contributed by atoms with Crippen LogP contribution in [0.25, 0.3) is 0 Å². The monoisotopic (exact) mass is 353 g/mol. The van der Waals surface area contributed by atoms with Gasteiger partial charge >= 0.3 is 5.97 Å². The normalized spacial score (nSPS) is 17.6. The van der Waals surface area contributed by atoms with E-state index in [1.807, 2.05) is 0 Å². The molecule has 2 aliphatic heterocycles. The van der Waals surface area contributed by atoms with Crippen LogP contribution in [0.5, 0.6) is 11.5 Å². The molecule has 7 heteroatoms. The number of ether oxygens (including phenoxy) is 2. The number of carbonyl (C=O) groups excluding carboxylic acids is 1. The zero-order valence-corrected chi connectivity index (χ0v) is 14.1. The van der Waals surface area contributed by atoms with Crippen LogP contribution in [-0.4, -0.2) is 48.2 Å². The number of carboxylic acid groups (broad SMARTS) is 1. The van der Waals surface area contributed by atoms with Crippen LogP contribution in [0, 0.1) is 5.92 Å². The zero-order chi connectivity index (χ0) is 17.1. The minimum Gasteiger partial charge on any atom is -0.486 e. The van der Waals surface area contributed by atoms with Crippen LogP contribution in [0.2, 0.25) is 5.02 Å². The maximum atomic E-state index is 12.5. The van der Waals surface area contributed by atoms with Gasteiger partial charge < -0.3 is 19.5 Å². The van der Waals surface area contributed by atoms with Crippen LogP contribution < -0.4 is 9.47 Å². The highest BCUT2D eigenvalue weighted by Gasteiger charge is 2.25. The number of amides is 1. The molecule has 1 aromatic rings. The molecule has 130 valence electrons. The number of fused-ring (bicyclic) bond motifs is 1. The Morgan fingerprint density at radius 2 is 1.92 bits per heavy atom. The highest BCUT2D eigenvalue weighted by atomic mass is 35.5. The van der Waals surface area contributed by atoms with Crippen molar-refractivity contribution in [1.82, 2.24) is 4.90 Å². The number of halogens is 1. The number of benzene rings is 1. The number of rotatable bonds is 4. The molecule has 0 radical (unpaired) electrons. The summed E-state index contributed by atoms with van der Waals surface area (Å²) in [6.45, 7) is 2.15. The van der Waals surface area contributed by atoms with Gasteiger partial charge in [-0.1, -0.05) is 11.6 Å². The Bertz CT molecular complexity index is 640. The van der Waals surface area contributed by atoms with Crippen molar-refractivity contribution in [2.75, 3.05) is 26.3 Å². The van der Waals surface area contributed by atoms with E-state index in [-0.39, 0.29) is 24.7 Å². The first-order chi connectivity index (χ1) is 11.5. The van der Waals surface area contributed by atoms with Gasteiger partial charge in [0.2, 0.25) is 5.91 Å². The standard InChI is InChI=1S/C17H20ClNO5/c18-13-7-12(8-14-17(13)24-6-5-23-14)9-15(20)19-3-1-11(2-4-19)10-16(21)22/h7-8,11H,1-6,9-10H2,(H,21,22). The second kappa shape index (κ2) is 7.30. The molecule has 0 aromatic heterocycles. The zero-order valence-electron chi connectivity index (χ0n) is 13.3. The van der Waals surface area contributed by atoms with E-state index in [4.69, 9.17) is 26.2 Å². The Balaban J connectivity index is 1.59. The quantitative estimate of drug-likeness (QED) is 0.899. The molecular weight excluding hydrogens is 334 g/mol. The number of carbonyl (C=O) groups is 2. The lowest BCUT2D eigenvalue weighted by atomic mass is 9.93. The first-order valence-corrected chi connectivity index (χ1v) is 8.48. The van der Waals surface area contributed by atoms with Crippen molar-refractivity contribution in [3.8, 4) is 11.5 Å². The Morgan fingerprint density at radius 1 is 1.21 bits per heavy atom. The number of carboxylic acids is 1. The van der Waals surface area contributed by atoms with Gasteiger partial charge in [-0.05, 0) is 36.5 Å². The molecule has 0 spiro atoms. The van der Waals surface area contributed by atoms with E-state index in [0.717, 1.165) is 18.4 Å². The van der Waals surface area contributed by atoms with Gasteiger partial charge in [0.25, 0.3) is 0 Å². The molecule has 24 heavy (non-hydrogen) atoms. The molecule has 3 rings (SSSR count). The average molecular weight is 354 g/mol. The van der Waals surface area contributed by atoms with Crippen LogP contribution in [0.15, 0.2) is 12.1 Å². The van der Waals surface area contributed by atoms with E-state index in [9.17, 15) is 9.59 Å². The SMILES string of the molecule is O=C(O)CC1CCN(C(=O)Cc2cc(Cl)c3c(c2)OCCO3)CC1. The van der Waals surface area contributed by atoms with Gasteiger partial charge in [-0.3, -0.25) is 9.59 Å². The van der Waals surface area contributed by atoms with Crippen LogP contribution in [-0.2, 0) is 16.0 Å². The van der Waals surface area contributed by atoms with Gasteiger partial charge in [-0.25, -0.2) is 0 Å². The van der Waals surface area contributed by atoms with Gasteiger partial charge in [0, 0.05) is 19.5 Å². The summed E-state index contributed by atoms with van der Waals surface area (Å²) in [5, 5.41) is 9.30. The summed E-state index contributed by atoms with van der Waals surface area (Å²) in [5.41, 5.74) is 0.793. The summed E-state index contributed by atoms with van der Waals surface area (Å²) in [4.78, 5) is 25.0. The predicted octanol–water partition coefficient (Wildman–Crippen LogP) is 2.37. The van der Waals surface area contributed by atoms with Crippen molar-refractivity contribution in [3.63, 3.8) is 0 Å². The number of aliphatic carboxylic acids is 1. The summed E-state index contributed by atoms with van der Waals surface area (Å²) < 4.78 is 11.0. The second-order valence-corrected chi connectivity index (χ2v) is 6.61.